The molecule has 0 bridgehead atoms. The Hall–Kier alpha value is -2.99. The van der Waals surface area contributed by atoms with Crippen LogP contribution in [0.15, 0.2) is 54.9 Å². The molecule has 0 unspecified atom stereocenters. The number of pyridine rings is 1. The third kappa shape index (κ3) is 4.32. The van der Waals surface area contributed by atoms with Gasteiger partial charge < -0.3 is 10.2 Å². The second kappa shape index (κ2) is 8.51. The number of hydrogen-bond donors (Lipinski definition) is 1. The van der Waals surface area contributed by atoms with Crippen LogP contribution >= 0.6 is 11.6 Å². The Morgan fingerprint density at radius 1 is 1.16 bits per heavy atom. The summed E-state index contributed by atoms with van der Waals surface area (Å²) in [5.41, 5.74) is 2.88. The van der Waals surface area contributed by atoms with Gasteiger partial charge in [0.1, 0.15) is 11.0 Å². The maximum Gasteiger partial charge on any atom is 0.254 e. The molecule has 2 aromatic heterocycles. The maximum atomic E-state index is 13.9. The van der Waals surface area contributed by atoms with Crippen molar-refractivity contribution in [1.29, 1.82) is 0 Å². The average molecular weight is 448 g/mol. The van der Waals surface area contributed by atoms with Gasteiger partial charge in [0.05, 0.1) is 5.56 Å². The van der Waals surface area contributed by atoms with Crippen LogP contribution in [0.25, 0.3) is 11.4 Å². The number of piperidine rings is 1. The van der Waals surface area contributed by atoms with Gasteiger partial charge in [0, 0.05) is 37.1 Å². The molecule has 32 heavy (non-hydrogen) atoms. The third-order valence-electron chi connectivity index (χ3n) is 6.66. The van der Waals surface area contributed by atoms with E-state index in [1.165, 1.54) is 12.8 Å². The highest BCUT2D eigenvalue weighted by Gasteiger charge is 2.49. The van der Waals surface area contributed by atoms with Gasteiger partial charge in [-0.25, -0.2) is 15.0 Å². The molecule has 1 aliphatic heterocycles. The lowest BCUT2D eigenvalue weighted by Gasteiger charge is -2.40. The number of rotatable bonds is 5. The Kier molecular flexibility index (Phi) is 5.55. The van der Waals surface area contributed by atoms with Crippen LogP contribution in [0.4, 0.5) is 5.82 Å². The first-order chi connectivity index (χ1) is 15.5. The molecular weight excluding hydrogens is 422 g/mol. The molecule has 1 atom stereocenters. The van der Waals surface area contributed by atoms with Gasteiger partial charge in [-0.2, -0.15) is 0 Å². The highest BCUT2D eigenvalue weighted by atomic mass is 35.5. The predicted molar refractivity (Wildman–Crippen MR) is 126 cm³/mol. The van der Waals surface area contributed by atoms with Gasteiger partial charge in [0.25, 0.3) is 5.91 Å². The predicted octanol–water partition coefficient (Wildman–Crippen LogP) is 5.00. The number of nitrogens with one attached hydrogen (secondary N) is 1. The number of amides is 1. The van der Waals surface area contributed by atoms with Crippen molar-refractivity contribution in [3.8, 4) is 11.4 Å². The fourth-order valence-electron chi connectivity index (χ4n) is 4.68. The van der Waals surface area contributed by atoms with Gasteiger partial charge in [0.15, 0.2) is 5.82 Å². The summed E-state index contributed by atoms with van der Waals surface area (Å²) in [4.78, 5) is 29.0. The quantitative estimate of drug-likeness (QED) is 0.557. The summed E-state index contributed by atoms with van der Waals surface area (Å²) in [6.07, 6.45) is 8.00. The molecule has 3 aromatic rings. The average Bonchev–Trinajstić information content (AvgIpc) is 3.56. The second-order valence-electron chi connectivity index (χ2n) is 8.95. The summed E-state index contributed by atoms with van der Waals surface area (Å²) in [6.45, 7) is 3.41. The summed E-state index contributed by atoms with van der Waals surface area (Å²) in [7, 11) is 0. The van der Waals surface area contributed by atoms with E-state index in [9.17, 15) is 4.79 Å². The summed E-state index contributed by atoms with van der Waals surface area (Å²) in [6, 6.07) is 13.3. The monoisotopic (exact) mass is 447 g/mol. The Bertz CT molecular complexity index is 1130. The van der Waals surface area contributed by atoms with Crippen molar-refractivity contribution < 1.29 is 4.79 Å². The number of aromatic nitrogens is 3. The van der Waals surface area contributed by atoms with Gasteiger partial charge in [0.2, 0.25) is 0 Å². The summed E-state index contributed by atoms with van der Waals surface area (Å²) in [5.74, 6) is 1.34. The van der Waals surface area contributed by atoms with E-state index in [4.69, 9.17) is 11.6 Å². The molecule has 2 aliphatic rings. The van der Waals surface area contributed by atoms with E-state index in [0.717, 1.165) is 36.3 Å². The zero-order valence-electron chi connectivity index (χ0n) is 18.1. The molecule has 1 aliphatic carbocycles. The van der Waals surface area contributed by atoms with Crippen molar-refractivity contribution >= 4 is 23.3 Å². The Morgan fingerprint density at radius 3 is 2.72 bits per heavy atom. The van der Waals surface area contributed by atoms with E-state index in [1.807, 2.05) is 42.2 Å². The molecule has 2 fully saturated rings. The summed E-state index contributed by atoms with van der Waals surface area (Å²) in [5, 5.41) is 3.86. The molecule has 3 heterocycles. The van der Waals surface area contributed by atoms with Crippen LogP contribution in [0.1, 0.15) is 41.6 Å². The molecule has 1 saturated heterocycles. The van der Waals surface area contributed by atoms with Gasteiger partial charge in [-0.05, 0) is 62.3 Å². The van der Waals surface area contributed by atoms with E-state index in [1.54, 1.807) is 24.5 Å². The van der Waals surface area contributed by atoms with Gasteiger partial charge in [-0.1, -0.05) is 35.4 Å². The lowest BCUT2D eigenvalue weighted by molar-refractivity contribution is 0.0546. The molecule has 5 rings (SSSR count). The lowest BCUT2D eigenvalue weighted by Crippen LogP contribution is -2.50. The largest absolute Gasteiger partial charge is 0.368 e. The number of nitrogens with zero attached hydrogens (tertiary/aromatic N) is 4. The zero-order valence-corrected chi connectivity index (χ0v) is 18.8. The maximum absolute atomic E-state index is 13.9. The first-order valence-electron chi connectivity index (χ1n) is 11.1. The molecule has 7 heteroatoms. The molecule has 6 nitrogen and oxygen atoms in total. The number of carbonyl (C=O) groups excluding carboxylic acids is 1. The molecule has 164 valence electrons. The lowest BCUT2D eigenvalue weighted by atomic mass is 9.87. The molecule has 1 N–H and O–H groups in total. The standard InChI is InChI=1S/C25H26ClN5O/c1-17-6-7-19(23-27-11-3-12-28-23)20(14-17)24(32)31-13-10-25(8-9-25)15-18(31)16-29-22-5-2-4-21(26)30-22/h2-7,11-12,14,18H,8-10,13,15-16H2,1H3,(H,29,30)/t18-/m0/s1. The number of benzene rings is 1. The molecule has 0 radical (unpaired) electrons. The minimum absolute atomic E-state index is 0.0394. The number of halogens is 1. The van der Waals surface area contributed by atoms with E-state index in [-0.39, 0.29) is 11.9 Å². The molecule has 1 saturated carbocycles. The van der Waals surface area contributed by atoms with Crippen molar-refractivity contribution in [3.63, 3.8) is 0 Å². The minimum Gasteiger partial charge on any atom is -0.368 e. The highest BCUT2D eigenvalue weighted by molar-refractivity contribution is 6.29. The summed E-state index contributed by atoms with van der Waals surface area (Å²) < 4.78 is 0. The van der Waals surface area contributed by atoms with E-state index >= 15 is 0 Å². The highest BCUT2D eigenvalue weighted by Crippen LogP contribution is 2.55. The topological polar surface area (TPSA) is 71.0 Å². The van der Waals surface area contributed by atoms with Crippen LogP contribution in [-0.2, 0) is 0 Å². The number of anilines is 1. The van der Waals surface area contributed by atoms with Gasteiger partial charge in [-0.3, -0.25) is 4.79 Å². The van der Waals surface area contributed by atoms with Crippen molar-refractivity contribution in [2.24, 2.45) is 5.41 Å². The van der Waals surface area contributed by atoms with Crippen molar-refractivity contribution in [2.45, 2.75) is 38.6 Å². The van der Waals surface area contributed by atoms with E-state index in [2.05, 4.69) is 20.3 Å². The van der Waals surface area contributed by atoms with Crippen LogP contribution in [0, 0.1) is 12.3 Å². The molecular formula is C25H26ClN5O. The molecule has 1 spiro atoms. The molecule has 1 amide bonds. The number of likely N-dealkylation sites (tertiary alicyclic amines) is 1. The fourth-order valence-corrected chi connectivity index (χ4v) is 4.85. The van der Waals surface area contributed by atoms with Crippen molar-refractivity contribution in [2.75, 3.05) is 18.4 Å². The first kappa shape index (κ1) is 20.9. The van der Waals surface area contributed by atoms with E-state index in [0.29, 0.717) is 28.5 Å². The number of aryl methyl sites for hydroxylation is 1. The first-order valence-corrected chi connectivity index (χ1v) is 11.5. The Labute approximate surface area is 193 Å². The molecule has 1 aromatic carbocycles. The normalized spacial score (nSPS) is 19.1. The van der Waals surface area contributed by atoms with Crippen LogP contribution in [-0.4, -0.2) is 44.9 Å². The minimum atomic E-state index is 0.0394. The Balaban J connectivity index is 1.43. The second-order valence-corrected chi connectivity index (χ2v) is 9.34. The zero-order chi connectivity index (χ0) is 22.1. The number of hydrogen-bond acceptors (Lipinski definition) is 5. The van der Waals surface area contributed by atoms with Crippen molar-refractivity contribution in [1.82, 2.24) is 19.9 Å². The third-order valence-corrected chi connectivity index (χ3v) is 6.87. The van der Waals surface area contributed by atoms with Crippen molar-refractivity contribution in [3.05, 3.63) is 71.1 Å². The van der Waals surface area contributed by atoms with Crippen LogP contribution in [0.2, 0.25) is 5.15 Å². The smallest absolute Gasteiger partial charge is 0.254 e. The van der Waals surface area contributed by atoms with Crippen LogP contribution in [0.3, 0.4) is 0 Å². The van der Waals surface area contributed by atoms with Crippen LogP contribution in [0.5, 0.6) is 0 Å². The van der Waals surface area contributed by atoms with E-state index < -0.39 is 0 Å². The fraction of sp³-hybridized carbons (Fsp3) is 0.360. The number of carbonyl (C=O) groups is 1. The SMILES string of the molecule is Cc1ccc(-c2ncccn2)c(C(=O)N2CCC3(CC3)C[C@H]2CNc2cccc(Cl)n2)c1. The van der Waals surface area contributed by atoms with Gasteiger partial charge >= 0.3 is 0 Å². The van der Waals surface area contributed by atoms with Crippen LogP contribution < -0.4 is 5.32 Å². The Morgan fingerprint density at radius 2 is 1.97 bits per heavy atom. The summed E-state index contributed by atoms with van der Waals surface area (Å²) >= 11 is 6.04. The van der Waals surface area contributed by atoms with Gasteiger partial charge in [-0.15, -0.1) is 0 Å².